The molecule has 1 aromatic heterocycles. The zero-order valence-corrected chi connectivity index (χ0v) is 12.4. The largest absolute Gasteiger partial charge is 0.383 e. The average Bonchev–Trinajstić information content (AvgIpc) is 2.68. The van der Waals surface area contributed by atoms with Gasteiger partial charge in [0.2, 0.25) is 0 Å². The van der Waals surface area contributed by atoms with E-state index in [1.807, 2.05) is 0 Å². The minimum atomic E-state index is -0.0832. The SMILES string of the molecule is CCCC(N)CC(=O)c1c(Br)cnn1CCOC. The van der Waals surface area contributed by atoms with E-state index in [0.717, 1.165) is 12.8 Å². The highest BCUT2D eigenvalue weighted by molar-refractivity contribution is 9.10. The Bertz CT molecular complexity index is 393. The number of ketones is 1. The minimum absolute atomic E-state index is 0.0245. The van der Waals surface area contributed by atoms with Gasteiger partial charge in [-0.3, -0.25) is 9.48 Å². The molecule has 1 unspecified atom stereocenters. The van der Waals surface area contributed by atoms with E-state index < -0.39 is 0 Å². The van der Waals surface area contributed by atoms with Crippen LogP contribution in [0.15, 0.2) is 10.7 Å². The molecule has 0 aromatic carbocycles. The van der Waals surface area contributed by atoms with Crippen molar-refractivity contribution in [2.24, 2.45) is 5.73 Å². The lowest BCUT2D eigenvalue weighted by molar-refractivity contribution is 0.0958. The second kappa shape index (κ2) is 7.66. The van der Waals surface area contributed by atoms with Crippen molar-refractivity contribution in [2.75, 3.05) is 13.7 Å². The van der Waals surface area contributed by atoms with Crippen molar-refractivity contribution in [3.05, 3.63) is 16.4 Å². The third-order valence-electron chi connectivity index (χ3n) is 2.67. The van der Waals surface area contributed by atoms with Crippen LogP contribution in [0.4, 0.5) is 0 Å². The van der Waals surface area contributed by atoms with E-state index in [0.29, 0.717) is 29.7 Å². The first-order valence-electron chi connectivity index (χ1n) is 6.09. The number of methoxy groups -OCH3 is 1. The molecule has 0 saturated carbocycles. The Morgan fingerprint density at radius 1 is 1.67 bits per heavy atom. The molecule has 1 atom stereocenters. The van der Waals surface area contributed by atoms with Gasteiger partial charge >= 0.3 is 0 Å². The summed E-state index contributed by atoms with van der Waals surface area (Å²) in [7, 11) is 1.62. The average molecular weight is 318 g/mol. The van der Waals surface area contributed by atoms with Gasteiger partial charge in [-0.2, -0.15) is 5.10 Å². The second-order valence-corrected chi connectivity index (χ2v) is 5.09. The molecule has 102 valence electrons. The Kier molecular flexibility index (Phi) is 6.52. The molecule has 1 heterocycles. The number of nitrogens with zero attached hydrogens (tertiary/aromatic N) is 2. The van der Waals surface area contributed by atoms with Crippen molar-refractivity contribution >= 4 is 21.7 Å². The van der Waals surface area contributed by atoms with Crippen LogP contribution in [0.2, 0.25) is 0 Å². The van der Waals surface area contributed by atoms with Crippen molar-refractivity contribution < 1.29 is 9.53 Å². The Labute approximate surface area is 116 Å². The fraction of sp³-hybridized carbons (Fsp3) is 0.667. The van der Waals surface area contributed by atoms with Crippen LogP contribution in [0.5, 0.6) is 0 Å². The number of carbonyl (C=O) groups is 1. The molecule has 1 aromatic rings. The molecular weight excluding hydrogens is 298 g/mol. The maximum atomic E-state index is 12.2. The third kappa shape index (κ3) is 4.19. The first-order chi connectivity index (χ1) is 8.60. The number of halogens is 1. The molecule has 5 nitrogen and oxygen atoms in total. The zero-order valence-electron chi connectivity index (χ0n) is 10.9. The second-order valence-electron chi connectivity index (χ2n) is 4.23. The molecule has 0 aliphatic carbocycles. The van der Waals surface area contributed by atoms with Gasteiger partial charge in [0.05, 0.1) is 23.8 Å². The van der Waals surface area contributed by atoms with Crippen LogP contribution in [0, 0.1) is 0 Å². The van der Waals surface area contributed by atoms with E-state index in [4.69, 9.17) is 10.5 Å². The molecule has 0 radical (unpaired) electrons. The van der Waals surface area contributed by atoms with Crippen molar-refractivity contribution in [3.63, 3.8) is 0 Å². The standard InChI is InChI=1S/C12H20BrN3O2/c1-3-4-9(14)7-11(17)12-10(13)8-15-16(12)5-6-18-2/h8-9H,3-7,14H2,1-2H3. The molecule has 0 aliphatic rings. The molecule has 0 spiro atoms. The van der Waals surface area contributed by atoms with E-state index >= 15 is 0 Å². The topological polar surface area (TPSA) is 70.1 Å². The number of rotatable bonds is 8. The molecule has 1 rings (SSSR count). The van der Waals surface area contributed by atoms with Crippen molar-refractivity contribution in [1.29, 1.82) is 0 Å². The van der Waals surface area contributed by atoms with Gasteiger partial charge in [0.25, 0.3) is 0 Å². The van der Waals surface area contributed by atoms with Gasteiger partial charge in [0.15, 0.2) is 5.78 Å². The highest BCUT2D eigenvalue weighted by Crippen LogP contribution is 2.18. The van der Waals surface area contributed by atoms with Crippen LogP contribution >= 0.6 is 15.9 Å². The van der Waals surface area contributed by atoms with Crippen LogP contribution in [0.1, 0.15) is 36.7 Å². The molecule has 0 bridgehead atoms. The van der Waals surface area contributed by atoms with E-state index in [-0.39, 0.29) is 11.8 Å². The van der Waals surface area contributed by atoms with E-state index in [9.17, 15) is 4.79 Å². The maximum absolute atomic E-state index is 12.2. The predicted octanol–water partition coefficient (Wildman–Crippen LogP) is 1.99. The van der Waals surface area contributed by atoms with E-state index in [1.165, 1.54) is 0 Å². The van der Waals surface area contributed by atoms with Crippen LogP contribution in [0.3, 0.4) is 0 Å². The van der Waals surface area contributed by atoms with Gasteiger partial charge < -0.3 is 10.5 Å². The number of nitrogens with two attached hydrogens (primary N) is 1. The van der Waals surface area contributed by atoms with Gasteiger partial charge in [-0.15, -0.1) is 0 Å². The van der Waals surface area contributed by atoms with Gasteiger partial charge in [-0.25, -0.2) is 0 Å². The summed E-state index contributed by atoms with van der Waals surface area (Å²) in [5.41, 5.74) is 6.48. The normalized spacial score (nSPS) is 12.7. The van der Waals surface area contributed by atoms with Crippen LogP contribution in [-0.2, 0) is 11.3 Å². The lowest BCUT2D eigenvalue weighted by Crippen LogP contribution is -2.25. The van der Waals surface area contributed by atoms with Crippen molar-refractivity contribution in [3.8, 4) is 0 Å². The molecule has 0 amide bonds. The highest BCUT2D eigenvalue weighted by atomic mass is 79.9. The van der Waals surface area contributed by atoms with E-state index in [2.05, 4.69) is 28.0 Å². The summed E-state index contributed by atoms with van der Waals surface area (Å²) in [5.74, 6) is 0.0245. The van der Waals surface area contributed by atoms with Crippen molar-refractivity contribution in [1.82, 2.24) is 9.78 Å². The lowest BCUT2D eigenvalue weighted by Gasteiger charge is -2.11. The zero-order chi connectivity index (χ0) is 13.5. The highest BCUT2D eigenvalue weighted by Gasteiger charge is 2.19. The molecule has 0 aliphatic heterocycles. The number of carbonyl (C=O) groups excluding carboxylic acids is 1. The Morgan fingerprint density at radius 3 is 3.00 bits per heavy atom. The Hall–Kier alpha value is -0.720. The fourth-order valence-electron chi connectivity index (χ4n) is 1.79. The molecule has 18 heavy (non-hydrogen) atoms. The van der Waals surface area contributed by atoms with Gasteiger partial charge in [-0.05, 0) is 22.4 Å². The fourth-order valence-corrected chi connectivity index (χ4v) is 2.31. The number of Topliss-reactive ketones (excluding diaryl/α,β-unsaturated/α-hetero) is 1. The Morgan fingerprint density at radius 2 is 2.39 bits per heavy atom. The van der Waals surface area contributed by atoms with Gasteiger partial charge in [0.1, 0.15) is 5.69 Å². The number of aromatic nitrogens is 2. The monoisotopic (exact) mass is 317 g/mol. The lowest BCUT2D eigenvalue weighted by atomic mass is 10.0. The van der Waals surface area contributed by atoms with Crippen LogP contribution < -0.4 is 5.73 Å². The van der Waals surface area contributed by atoms with Gasteiger partial charge in [0, 0.05) is 19.6 Å². The van der Waals surface area contributed by atoms with Crippen LogP contribution in [-0.4, -0.2) is 35.3 Å². The third-order valence-corrected chi connectivity index (χ3v) is 3.25. The van der Waals surface area contributed by atoms with Crippen LogP contribution in [0.25, 0.3) is 0 Å². The minimum Gasteiger partial charge on any atom is -0.383 e. The smallest absolute Gasteiger partial charge is 0.183 e. The number of ether oxygens (including phenoxy) is 1. The van der Waals surface area contributed by atoms with Gasteiger partial charge in [-0.1, -0.05) is 13.3 Å². The molecule has 6 heteroatoms. The maximum Gasteiger partial charge on any atom is 0.183 e. The first-order valence-corrected chi connectivity index (χ1v) is 6.88. The summed E-state index contributed by atoms with van der Waals surface area (Å²) >= 11 is 3.35. The molecule has 0 fully saturated rings. The first kappa shape index (κ1) is 15.3. The Balaban J connectivity index is 2.74. The number of hydrogen-bond acceptors (Lipinski definition) is 4. The number of hydrogen-bond donors (Lipinski definition) is 1. The summed E-state index contributed by atoms with van der Waals surface area (Å²) in [5, 5.41) is 4.16. The van der Waals surface area contributed by atoms with Crippen molar-refractivity contribution in [2.45, 2.75) is 38.8 Å². The molecule has 2 N–H and O–H groups in total. The summed E-state index contributed by atoms with van der Waals surface area (Å²) in [4.78, 5) is 12.2. The summed E-state index contributed by atoms with van der Waals surface area (Å²) in [6.45, 7) is 3.14. The quantitative estimate of drug-likeness (QED) is 0.744. The van der Waals surface area contributed by atoms with E-state index in [1.54, 1.807) is 18.0 Å². The molecular formula is C12H20BrN3O2. The molecule has 0 saturated heterocycles. The predicted molar refractivity (Wildman–Crippen MR) is 73.6 cm³/mol. The summed E-state index contributed by atoms with van der Waals surface area (Å²) < 4.78 is 7.37. The summed E-state index contributed by atoms with van der Waals surface area (Å²) in [6, 6.07) is -0.0832. The summed E-state index contributed by atoms with van der Waals surface area (Å²) in [6.07, 6.45) is 3.83.